The molecule has 6 rings (SSSR count). The van der Waals surface area contributed by atoms with E-state index in [1.807, 2.05) is 0 Å². The van der Waals surface area contributed by atoms with E-state index in [0.717, 1.165) is 48.5 Å². The van der Waals surface area contributed by atoms with Gasteiger partial charge in [0.2, 0.25) is 0 Å². The van der Waals surface area contributed by atoms with Crippen LogP contribution >= 0.6 is 7.82 Å². The molecule has 2 heterocycles. The molecule has 0 saturated carbocycles. The first-order valence-corrected chi connectivity index (χ1v) is 17.0. The first-order chi connectivity index (χ1) is 24.7. The maximum absolute atomic E-state index is 14.4. The SMILES string of the molecule is CC1(C)O[C@@H]2[C@@H](O1)C(c1ccc(C(F)(F)F)cc1)(c1ccc(C(F)(F)F)cc1)OP(=O)(O)OC2(c1ccc(C(F)(F)F)cc1)c1ccc(C(F)(F)F)cc1. The molecule has 1 N–H and O–H groups in total. The van der Waals surface area contributed by atoms with Gasteiger partial charge >= 0.3 is 32.5 Å². The fourth-order valence-corrected chi connectivity index (χ4v) is 8.06. The van der Waals surface area contributed by atoms with Crippen molar-refractivity contribution in [3.63, 3.8) is 0 Å². The summed E-state index contributed by atoms with van der Waals surface area (Å²) in [7, 11) is -5.86. The number of phosphoric acid groups is 1. The molecule has 4 aromatic rings. The quantitative estimate of drug-likeness (QED) is 0.164. The van der Waals surface area contributed by atoms with Gasteiger partial charge in [-0.3, -0.25) is 9.05 Å². The minimum Gasteiger partial charge on any atom is -0.341 e. The van der Waals surface area contributed by atoms with E-state index in [-0.39, 0.29) is 0 Å². The highest BCUT2D eigenvalue weighted by molar-refractivity contribution is 7.47. The van der Waals surface area contributed by atoms with Crippen molar-refractivity contribution in [3.05, 3.63) is 142 Å². The predicted molar refractivity (Wildman–Crippen MR) is 163 cm³/mol. The summed E-state index contributed by atoms with van der Waals surface area (Å²) in [6, 6.07) is 10.8. The number of rotatable bonds is 4. The van der Waals surface area contributed by atoms with Gasteiger partial charge in [0.05, 0.1) is 22.3 Å². The number of hydrogen-bond acceptors (Lipinski definition) is 5. The van der Waals surface area contributed by atoms with Crippen LogP contribution in [-0.4, -0.2) is 22.9 Å². The van der Waals surface area contributed by atoms with Gasteiger partial charge in [-0.15, -0.1) is 0 Å². The number of benzene rings is 4. The third-order valence-electron chi connectivity index (χ3n) is 8.98. The second-order valence-electron chi connectivity index (χ2n) is 12.9. The van der Waals surface area contributed by atoms with Crippen LogP contribution in [0.2, 0.25) is 0 Å². The topological polar surface area (TPSA) is 74.2 Å². The minimum atomic E-state index is -5.86. The van der Waals surface area contributed by atoms with Crippen LogP contribution in [0.1, 0.15) is 58.4 Å². The molecule has 2 aliphatic rings. The molecule has 0 aliphatic carbocycles. The number of ether oxygens (including phenoxy) is 2. The molecule has 2 fully saturated rings. The Morgan fingerprint density at radius 3 is 0.852 bits per heavy atom. The van der Waals surface area contributed by atoms with Gasteiger partial charge in [-0.2, -0.15) is 52.7 Å². The van der Waals surface area contributed by atoms with E-state index < -0.39 is 106 Å². The molecule has 0 unspecified atom stereocenters. The molecule has 0 radical (unpaired) electrons. The van der Waals surface area contributed by atoms with E-state index >= 15 is 0 Å². The largest absolute Gasteiger partial charge is 0.474 e. The molecule has 0 amide bonds. The summed E-state index contributed by atoms with van der Waals surface area (Å²) >= 11 is 0. The van der Waals surface area contributed by atoms with Crippen molar-refractivity contribution in [2.24, 2.45) is 0 Å². The fourth-order valence-electron chi connectivity index (χ4n) is 6.67. The van der Waals surface area contributed by atoms with Crippen molar-refractivity contribution >= 4 is 7.82 Å². The van der Waals surface area contributed by atoms with E-state index in [4.69, 9.17) is 18.5 Å². The van der Waals surface area contributed by atoms with E-state index in [1.54, 1.807) is 0 Å². The van der Waals surface area contributed by atoms with E-state index in [1.165, 1.54) is 13.8 Å². The van der Waals surface area contributed by atoms with Gasteiger partial charge in [0.25, 0.3) is 0 Å². The minimum absolute atomic E-state index is 0.417. The van der Waals surface area contributed by atoms with Crippen molar-refractivity contribution in [2.75, 3.05) is 0 Å². The van der Waals surface area contributed by atoms with Crippen LogP contribution in [0, 0.1) is 0 Å². The standard InChI is InChI=1S/C35H25F12O6P/c1-29(2)50-27-28(51-29)31(21-7-15-25(16-8-21)34(42,43)44,22-9-17-26(18-10-22)35(45,46)47)53-54(48,49)52-30(27,19-3-11-23(12-4-19)32(36,37)38)20-5-13-24(14-6-20)33(39,40)41/h3-18,27-28H,1-2H3,(H,48,49)/t27-,28-/m1/s1. The second-order valence-corrected chi connectivity index (χ2v) is 14.2. The van der Waals surface area contributed by atoms with Gasteiger partial charge in [0.1, 0.15) is 12.2 Å². The van der Waals surface area contributed by atoms with Crippen molar-refractivity contribution in [1.29, 1.82) is 0 Å². The molecule has 6 nitrogen and oxygen atoms in total. The lowest BCUT2D eigenvalue weighted by molar-refractivity contribution is -0.178. The van der Waals surface area contributed by atoms with E-state index in [9.17, 15) is 62.1 Å². The number of fused-ring (bicyclic) bond motifs is 1. The van der Waals surface area contributed by atoms with Gasteiger partial charge < -0.3 is 14.4 Å². The van der Waals surface area contributed by atoms with Crippen molar-refractivity contribution in [3.8, 4) is 0 Å². The molecule has 54 heavy (non-hydrogen) atoms. The van der Waals surface area contributed by atoms with Crippen LogP contribution < -0.4 is 0 Å². The van der Waals surface area contributed by atoms with Crippen molar-refractivity contribution < 1.29 is 80.7 Å². The first-order valence-electron chi connectivity index (χ1n) is 15.5. The molecule has 2 saturated heterocycles. The molecule has 2 aliphatic heterocycles. The zero-order chi connectivity index (χ0) is 39.9. The van der Waals surface area contributed by atoms with Gasteiger partial charge in [-0.1, -0.05) is 48.5 Å². The lowest BCUT2D eigenvalue weighted by Crippen LogP contribution is -2.53. The highest BCUT2D eigenvalue weighted by Gasteiger charge is 2.69. The second kappa shape index (κ2) is 12.8. The number of alkyl halides is 12. The summed E-state index contributed by atoms with van der Waals surface area (Å²) in [5.41, 5.74) is -12.0. The molecule has 0 spiro atoms. The van der Waals surface area contributed by atoms with Crippen LogP contribution in [0.3, 0.4) is 0 Å². The van der Waals surface area contributed by atoms with Gasteiger partial charge in [0, 0.05) is 0 Å². The summed E-state index contributed by atoms with van der Waals surface area (Å²) in [5, 5.41) is 0. The van der Waals surface area contributed by atoms with E-state index in [0.29, 0.717) is 48.5 Å². The van der Waals surface area contributed by atoms with E-state index in [2.05, 4.69) is 0 Å². The average Bonchev–Trinajstić information content (AvgIpc) is 3.37. The van der Waals surface area contributed by atoms with Gasteiger partial charge in [-0.25, -0.2) is 4.57 Å². The summed E-state index contributed by atoms with van der Waals surface area (Å²) < 4.78 is 203. The Kier molecular flexibility index (Phi) is 9.43. The fraction of sp³-hybridized carbons (Fsp3) is 0.314. The molecular formula is C35H25F12O6P. The molecular weight excluding hydrogens is 775 g/mol. The zero-order valence-corrected chi connectivity index (χ0v) is 28.3. The molecule has 290 valence electrons. The molecule has 4 aromatic carbocycles. The molecule has 0 bridgehead atoms. The third-order valence-corrected chi connectivity index (χ3v) is 10.0. The number of hydrogen-bond donors (Lipinski definition) is 1. The van der Waals surface area contributed by atoms with Crippen LogP contribution in [0.5, 0.6) is 0 Å². The summed E-state index contributed by atoms with van der Waals surface area (Å²) in [4.78, 5) is 11.6. The highest BCUT2D eigenvalue weighted by atomic mass is 31.2. The molecule has 19 heteroatoms. The Labute approximate surface area is 297 Å². The average molecular weight is 801 g/mol. The first kappa shape index (κ1) is 39.8. The maximum atomic E-state index is 14.4. The Bertz CT molecular complexity index is 1780. The van der Waals surface area contributed by atoms with Gasteiger partial charge in [-0.05, 0) is 84.6 Å². The smallest absolute Gasteiger partial charge is 0.341 e. The number of phosphoric ester groups is 1. The van der Waals surface area contributed by atoms with Crippen molar-refractivity contribution in [1.82, 2.24) is 0 Å². The summed E-state index contributed by atoms with van der Waals surface area (Å²) in [5.74, 6) is -1.84. The Morgan fingerprint density at radius 1 is 0.463 bits per heavy atom. The summed E-state index contributed by atoms with van der Waals surface area (Å²) in [6.07, 6.45) is -23.5. The predicted octanol–water partition coefficient (Wildman–Crippen LogP) is 10.6. The summed E-state index contributed by atoms with van der Waals surface area (Å²) in [6.45, 7) is 2.57. The molecule has 2 atom stereocenters. The van der Waals surface area contributed by atoms with Gasteiger partial charge in [0.15, 0.2) is 17.0 Å². The maximum Gasteiger partial charge on any atom is 0.474 e. The van der Waals surface area contributed by atoms with Crippen LogP contribution in [0.15, 0.2) is 97.1 Å². The Hall–Kier alpha value is -3.93. The monoisotopic (exact) mass is 800 g/mol. The Morgan fingerprint density at radius 2 is 0.667 bits per heavy atom. The zero-order valence-electron chi connectivity index (χ0n) is 27.4. The normalized spacial score (nSPS) is 22.4. The van der Waals surface area contributed by atoms with Crippen LogP contribution in [0.4, 0.5) is 52.7 Å². The highest BCUT2D eigenvalue weighted by Crippen LogP contribution is 2.67. The lowest BCUT2D eigenvalue weighted by Gasteiger charge is -2.41. The molecule has 0 aromatic heterocycles. The van der Waals surface area contributed by atoms with Crippen molar-refractivity contribution in [2.45, 2.75) is 67.7 Å². The lowest BCUT2D eigenvalue weighted by atomic mass is 9.71. The van der Waals surface area contributed by atoms with Crippen LogP contribution in [-0.2, 0) is 59.0 Å². The number of halogens is 12. The van der Waals surface area contributed by atoms with Crippen LogP contribution in [0.25, 0.3) is 0 Å². The Balaban J connectivity index is 1.70. The third kappa shape index (κ3) is 7.15.